The van der Waals surface area contributed by atoms with Gasteiger partial charge in [-0.05, 0) is 35.9 Å². The summed E-state index contributed by atoms with van der Waals surface area (Å²) in [5, 5.41) is 23.8. The number of benzene rings is 3. The van der Waals surface area contributed by atoms with Gasteiger partial charge in [-0.3, -0.25) is 4.79 Å². The second-order valence-electron chi connectivity index (χ2n) is 7.36. The van der Waals surface area contributed by atoms with E-state index in [2.05, 4.69) is 10.5 Å². The van der Waals surface area contributed by atoms with Crippen molar-refractivity contribution < 1.29 is 28.2 Å². The van der Waals surface area contributed by atoms with E-state index in [1.807, 2.05) is 24.3 Å². The van der Waals surface area contributed by atoms with Crippen LogP contribution in [0.1, 0.15) is 27.0 Å². The summed E-state index contributed by atoms with van der Waals surface area (Å²) in [6.07, 6.45) is -1.26. The van der Waals surface area contributed by atoms with Crippen LogP contribution in [-0.4, -0.2) is 26.9 Å². The average Bonchev–Trinajstić information content (AvgIpc) is 3.10. The highest BCUT2D eigenvalue weighted by molar-refractivity contribution is 6.00. The molecular weight excluding hydrogens is 435 g/mol. The topological polar surface area (TPSA) is 86.9 Å². The molecule has 0 aliphatic carbocycles. The third-order valence-corrected chi connectivity index (χ3v) is 4.96. The van der Waals surface area contributed by atoms with E-state index < -0.39 is 17.6 Å². The van der Waals surface area contributed by atoms with Gasteiger partial charge in [-0.15, -0.1) is 0 Å². The number of hydrogen-bond donors (Lipinski definition) is 3. The monoisotopic (exact) mass is 453 g/mol. The molecule has 0 saturated heterocycles. The third-order valence-electron chi connectivity index (χ3n) is 4.96. The number of alkyl halides is 3. The van der Waals surface area contributed by atoms with E-state index in [-0.39, 0.29) is 23.6 Å². The molecule has 1 aromatic heterocycles. The summed E-state index contributed by atoms with van der Waals surface area (Å²) in [7, 11) is 0. The molecule has 0 fully saturated rings. The normalized spacial score (nSPS) is 11.8. The minimum atomic E-state index is -4.42. The number of aromatic hydroxyl groups is 2. The molecule has 0 radical (unpaired) electrons. The fraction of sp³-hybridized carbons (Fsp3) is 0.0833. The van der Waals surface area contributed by atoms with E-state index in [0.29, 0.717) is 11.1 Å². The summed E-state index contributed by atoms with van der Waals surface area (Å²) in [5.74, 6) is -1.16. The fourth-order valence-corrected chi connectivity index (χ4v) is 3.50. The molecule has 0 atom stereocenters. The molecule has 33 heavy (non-hydrogen) atoms. The van der Waals surface area contributed by atoms with E-state index in [9.17, 15) is 28.2 Å². The lowest BCUT2D eigenvalue weighted by atomic mass is 10.1. The van der Waals surface area contributed by atoms with Gasteiger partial charge in [0.1, 0.15) is 11.5 Å². The van der Waals surface area contributed by atoms with Crippen LogP contribution in [0.2, 0.25) is 0 Å². The van der Waals surface area contributed by atoms with Crippen LogP contribution >= 0.6 is 0 Å². The molecule has 3 N–H and O–H groups in total. The number of carbonyl (C=O) groups is 1. The van der Waals surface area contributed by atoms with Crippen LogP contribution in [0.5, 0.6) is 11.5 Å². The van der Waals surface area contributed by atoms with E-state index >= 15 is 0 Å². The van der Waals surface area contributed by atoms with Gasteiger partial charge < -0.3 is 14.8 Å². The molecule has 0 spiro atoms. The first kappa shape index (κ1) is 21.9. The molecule has 4 rings (SSSR count). The molecule has 0 bridgehead atoms. The van der Waals surface area contributed by atoms with Crippen LogP contribution in [0, 0.1) is 0 Å². The van der Waals surface area contributed by atoms with Crippen LogP contribution in [0.4, 0.5) is 13.2 Å². The first-order valence-electron chi connectivity index (χ1n) is 9.81. The Balaban J connectivity index is 1.58. The van der Waals surface area contributed by atoms with E-state index in [1.165, 1.54) is 24.4 Å². The van der Waals surface area contributed by atoms with Gasteiger partial charge >= 0.3 is 6.18 Å². The Labute approximate surface area is 186 Å². The van der Waals surface area contributed by atoms with Crippen molar-refractivity contribution >= 4 is 23.0 Å². The number of halogens is 3. The molecule has 0 unspecified atom stereocenters. The Bertz CT molecular complexity index is 1340. The van der Waals surface area contributed by atoms with Crippen molar-refractivity contribution in [1.82, 2.24) is 9.99 Å². The van der Waals surface area contributed by atoms with Crippen LogP contribution in [-0.2, 0) is 12.7 Å². The summed E-state index contributed by atoms with van der Waals surface area (Å²) in [6.45, 7) is 0.215. The van der Waals surface area contributed by atoms with E-state index in [4.69, 9.17) is 0 Å². The summed E-state index contributed by atoms with van der Waals surface area (Å²) in [5.41, 5.74) is 3.57. The van der Waals surface area contributed by atoms with Gasteiger partial charge in [0.15, 0.2) is 0 Å². The lowest BCUT2D eigenvalue weighted by Gasteiger charge is -2.10. The molecule has 0 aliphatic heterocycles. The number of phenolic OH excluding ortho intramolecular Hbond substituents is 2. The van der Waals surface area contributed by atoms with Crippen molar-refractivity contribution in [2.75, 3.05) is 0 Å². The van der Waals surface area contributed by atoms with Crippen molar-refractivity contribution in [1.29, 1.82) is 0 Å². The zero-order chi connectivity index (χ0) is 23.6. The van der Waals surface area contributed by atoms with E-state index in [1.54, 1.807) is 16.8 Å². The van der Waals surface area contributed by atoms with Gasteiger partial charge in [-0.1, -0.05) is 30.3 Å². The predicted octanol–water partition coefficient (Wildman–Crippen LogP) is 4.88. The number of nitrogens with zero attached hydrogens (tertiary/aromatic N) is 2. The number of carbonyl (C=O) groups excluding carboxylic acids is 1. The quantitative estimate of drug-likeness (QED) is 0.297. The van der Waals surface area contributed by atoms with E-state index in [0.717, 1.165) is 29.1 Å². The highest BCUT2D eigenvalue weighted by Crippen LogP contribution is 2.30. The highest BCUT2D eigenvalue weighted by atomic mass is 19.4. The Morgan fingerprint density at radius 1 is 1.00 bits per heavy atom. The van der Waals surface area contributed by atoms with Gasteiger partial charge in [-0.2, -0.15) is 18.3 Å². The molecule has 3 aromatic carbocycles. The second-order valence-corrected chi connectivity index (χ2v) is 7.36. The first-order valence-corrected chi connectivity index (χ1v) is 9.81. The smallest absolute Gasteiger partial charge is 0.416 e. The highest BCUT2D eigenvalue weighted by Gasteiger charge is 2.30. The van der Waals surface area contributed by atoms with Gasteiger partial charge in [0, 0.05) is 40.8 Å². The lowest BCUT2D eigenvalue weighted by molar-refractivity contribution is -0.137. The summed E-state index contributed by atoms with van der Waals surface area (Å²) >= 11 is 0. The Morgan fingerprint density at radius 2 is 1.73 bits per heavy atom. The SMILES string of the molecule is O=C(NN=Cc1cn(Cc2cccc(C(F)(F)F)c2)c2ccccc12)c1cc(O)cc(O)c1. The maximum Gasteiger partial charge on any atom is 0.416 e. The minimum Gasteiger partial charge on any atom is -0.508 e. The number of nitrogens with one attached hydrogen (secondary N) is 1. The molecule has 1 amide bonds. The number of para-hydroxylation sites is 1. The van der Waals surface area contributed by atoms with Crippen LogP contribution in [0.3, 0.4) is 0 Å². The molecular formula is C24H18F3N3O3. The number of amides is 1. The number of rotatable bonds is 5. The van der Waals surface area contributed by atoms with Crippen molar-refractivity contribution in [2.45, 2.75) is 12.7 Å². The third kappa shape index (κ3) is 4.98. The van der Waals surface area contributed by atoms with Crippen LogP contribution in [0.15, 0.2) is 78.0 Å². The van der Waals surface area contributed by atoms with Crippen molar-refractivity contribution in [3.8, 4) is 11.5 Å². The standard InChI is InChI=1S/C24H18F3N3O3/c25-24(26,27)18-5-3-4-15(8-18)13-30-14-17(21-6-1-2-7-22(21)30)12-28-29-23(33)16-9-19(31)11-20(32)10-16/h1-12,14,31-32H,13H2,(H,29,33). The minimum absolute atomic E-state index is 0.0247. The summed E-state index contributed by atoms with van der Waals surface area (Å²) in [4.78, 5) is 12.2. The maximum absolute atomic E-state index is 13.0. The molecule has 4 aromatic rings. The zero-order valence-electron chi connectivity index (χ0n) is 17.0. The van der Waals surface area contributed by atoms with Crippen LogP contribution < -0.4 is 5.43 Å². The Morgan fingerprint density at radius 3 is 2.45 bits per heavy atom. The molecule has 1 heterocycles. The number of aromatic nitrogens is 1. The fourth-order valence-electron chi connectivity index (χ4n) is 3.50. The van der Waals surface area contributed by atoms with Crippen molar-refractivity contribution in [3.63, 3.8) is 0 Å². The summed E-state index contributed by atoms with van der Waals surface area (Å²) < 4.78 is 41.0. The second kappa shape index (κ2) is 8.70. The van der Waals surface area contributed by atoms with Gasteiger partial charge in [0.05, 0.1) is 11.8 Å². The molecule has 6 nitrogen and oxygen atoms in total. The molecule has 168 valence electrons. The first-order chi connectivity index (χ1) is 15.7. The maximum atomic E-state index is 13.0. The summed E-state index contributed by atoms with van der Waals surface area (Å²) in [6, 6.07) is 15.9. The van der Waals surface area contributed by atoms with Crippen molar-refractivity contribution in [3.05, 3.63) is 95.2 Å². The lowest BCUT2D eigenvalue weighted by Crippen LogP contribution is -2.17. The zero-order valence-corrected chi connectivity index (χ0v) is 17.0. The number of fused-ring (bicyclic) bond motifs is 1. The average molecular weight is 453 g/mol. The van der Waals surface area contributed by atoms with Crippen molar-refractivity contribution in [2.24, 2.45) is 5.10 Å². The Kier molecular flexibility index (Phi) is 5.78. The van der Waals surface area contributed by atoms with Gasteiger partial charge in [-0.25, -0.2) is 5.43 Å². The number of hydrazone groups is 1. The largest absolute Gasteiger partial charge is 0.508 e. The van der Waals surface area contributed by atoms with Gasteiger partial charge in [0.2, 0.25) is 0 Å². The molecule has 9 heteroatoms. The molecule has 0 aliphatic rings. The van der Waals surface area contributed by atoms with Crippen LogP contribution in [0.25, 0.3) is 10.9 Å². The van der Waals surface area contributed by atoms with Gasteiger partial charge in [0.25, 0.3) is 5.91 Å². The number of hydrogen-bond acceptors (Lipinski definition) is 4. The molecule has 0 saturated carbocycles. The Hall–Kier alpha value is -4.27. The number of phenols is 2. The predicted molar refractivity (Wildman–Crippen MR) is 117 cm³/mol.